The highest BCUT2D eigenvalue weighted by Crippen LogP contribution is 2.17. The average Bonchev–Trinajstić information content (AvgIpc) is 2.15. The van der Waals surface area contributed by atoms with Gasteiger partial charge in [-0.2, -0.15) is 0 Å². The first-order valence-electron chi connectivity index (χ1n) is 4.17. The molecular weight excluding hydrogens is 254 g/mol. The molecule has 0 N–H and O–H groups in total. The van der Waals surface area contributed by atoms with Crippen molar-refractivity contribution >= 4 is 27.5 Å². The molecule has 0 bridgehead atoms. The van der Waals surface area contributed by atoms with Crippen LogP contribution in [0.4, 0.5) is 4.39 Å². The van der Waals surface area contributed by atoms with Crippen LogP contribution < -0.4 is 0 Å². The Labute approximate surface area is 91.2 Å². The summed E-state index contributed by atoms with van der Waals surface area (Å²) in [6.45, 7) is 0. The van der Waals surface area contributed by atoms with Gasteiger partial charge in [0.05, 0.1) is 0 Å². The molecule has 0 aliphatic carbocycles. The van der Waals surface area contributed by atoms with E-state index < -0.39 is 0 Å². The minimum absolute atomic E-state index is 0.140. The van der Waals surface area contributed by atoms with Crippen molar-refractivity contribution in [2.75, 3.05) is 5.33 Å². The second-order valence-electron chi connectivity index (χ2n) is 2.80. The summed E-state index contributed by atoms with van der Waals surface area (Å²) in [6, 6.07) is 5.06. The van der Waals surface area contributed by atoms with Crippen LogP contribution in [0.1, 0.15) is 17.5 Å². The average molecular weight is 266 g/mol. The van der Waals surface area contributed by atoms with Crippen molar-refractivity contribution in [1.29, 1.82) is 0 Å². The third-order valence-corrected chi connectivity index (χ3v) is 2.77. The summed E-state index contributed by atoms with van der Waals surface area (Å²) in [7, 11) is 0. The van der Waals surface area contributed by atoms with Gasteiger partial charge >= 0.3 is 0 Å². The van der Waals surface area contributed by atoms with Crippen LogP contribution in [-0.2, 0) is 12.3 Å². The molecule has 3 heteroatoms. The predicted octanol–water partition coefficient (Wildman–Crippen LogP) is 3.89. The van der Waals surface area contributed by atoms with E-state index in [1.165, 1.54) is 6.07 Å². The van der Waals surface area contributed by atoms with Crippen molar-refractivity contribution in [1.82, 2.24) is 0 Å². The normalized spacial score (nSPS) is 10.4. The van der Waals surface area contributed by atoms with Gasteiger partial charge in [0.1, 0.15) is 5.82 Å². The minimum Gasteiger partial charge on any atom is -0.207 e. The largest absolute Gasteiger partial charge is 0.207 e. The summed E-state index contributed by atoms with van der Waals surface area (Å²) in [5.41, 5.74) is 1.67. The highest BCUT2D eigenvalue weighted by Gasteiger charge is 2.06. The molecule has 1 rings (SSSR count). The molecule has 0 amide bonds. The van der Waals surface area contributed by atoms with Crippen molar-refractivity contribution in [3.63, 3.8) is 0 Å². The lowest BCUT2D eigenvalue weighted by Gasteiger charge is -2.06. The molecule has 0 aliphatic heterocycles. The fraction of sp³-hybridized carbons (Fsp3) is 0.400. The van der Waals surface area contributed by atoms with Crippen LogP contribution in [0, 0.1) is 5.82 Å². The lowest BCUT2D eigenvalue weighted by molar-refractivity contribution is 0.605. The van der Waals surface area contributed by atoms with Crippen LogP contribution in [0.15, 0.2) is 18.2 Å². The van der Waals surface area contributed by atoms with Crippen LogP contribution >= 0.6 is 27.5 Å². The summed E-state index contributed by atoms with van der Waals surface area (Å²) in [5.74, 6) is 0.245. The van der Waals surface area contributed by atoms with Crippen LogP contribution in [0.5, 0.6) is 0 Å². The van der Waals surface area contributed by atoms with Gasteiger partial charge < -0.3 is 0 Å². The molecule has 0 unspecified atom stereocenters. The van der Waals surface area contributed by atoms with Crippen molar-refractivity contribution in [2.45, 2.75) is 18.7 Å². The molecule has 0 saturated carbocycles. The summed E-state index contributed by atoms with van der Waals surface area (Å²) in [6.07, 6.45) is 1.69. The molecule has 0 aromatic heterocycles. The molecule has 0 heterocycles. The molecule has 0 atom stereocenters. The van der Waals surface area contributed by atoms with Gasteiger partial charge in [-0.1, -0.05) is 28.1 Å². The maximum absolute atomic E-state index is 13.3. The Hall–Kier alpha value is -0.0800. The van der Waals surface area contributed by atoms with Crippen LogP contribution in [0.25, 0.3) is 0 Å². The van der Waals surface area contributed by atoms with Gasteiger partial charge in [0.25, 0.3) is 0 Å². The first kappa shape index (κ1) is 11.0. The number of alkyl halides is 2. The van der Waals surface area contributed by atoms with Gasteiger partial charge in [-0.05, 0) is 30.0 Å². The zero-order valence-corrected chi connectivity index (χ0v) is 9.54. The lowest BCUT2D eigenvalue weighted by Crippen LogP contribution is -1.96. The first-order valence-corrected chi connectivity index (χ1v) is 5.83. The number of hydrogen-bond donors (Lipinski definition) is 0. The second-order valence-corrected chi connectivity index (χ2v) is 3.86. The van der Waals surface area contributed by atoms with Gasteiger partial charge in [-0.15, -0.1) is 11.6 Å². The van der Waals surface area contributed by atoms with Gasteiger partial charge in [0.2, 0.25) is 0 Å². The van der Waals surface area contributed by atoms with Gasteiger partial charge in [-0.3, -0.25) is 0 Å². The molecule has 1 aromatic carbocycles. The molecule has 0 radical (unpaired) electrons. The van der Waals surface area contributed by atoms with E-state index in [1.54, 1.807) is 6.07 Å². The summed E-state index contributed by atoms with van der Waals surface area (Å²) >= 11 is 9.03. The van der Waals surface area contributed by atoms with E-state index >= 15 is 0 Å². The zero-order valence-electron chi connectivity index (χ0n) is 7.19. The third kappa shape index (κ3) is 2.96. The SMILES string of the molecule is Fc1cccc(CCl)c1CCCBr. The standard InChI is InChI=1S/C10H11BrClF/c11-6-2-4-9-8(7-12)3-1-5-10(9)13/h1,3,5H,2,4,6-7H2. The fourth-order valence-corrected chi connectivity index (χ4v) is 1.78. The van der Waals surface area contributed by atoms with E-state index in [0.717, 1.165) is 29.3 Å². The number of rotatable bonds is 4. The molecule has 0 fully saturated rings. The Kier molecular flexibility index (Phi) is 4.74. The van der Waals surface area contributed by atoms with Crippen molar-refractivity contribution in [2.24, 2.45) is 0 Å². The van der Waals surface area contributed by atoms with Gasteiger partial charge in [-0.25, -0.2) is 4.39 Å². The summed E-state index contributed by atoms with van der Waals surface area (Å²) in [5, 5.41) is 0.892. The van der Waals surface area contributed by atoms with Crippen LogP contribution in [0.2, 0.25) is 0 Å². The van der Waals surface area contributed by atoms with E-state index in [9.17, 15) is 4.39 Å². The smallest absolute Gasteiger partial charge is 0.126 e. The maximum Gasteiger partial charge on any atom is 0.126 e. The topological polar surface area (TPSA) is 0 Å². The monoisotopic (exact) mass is 264 g/mol. The molecular formula is C10H11BrClF. The molecule has 0 aliphatic rings. The Morgan fingerprint density at radius 1 is 1.38 bits per heavy atom. The molecule has 0 spiro atoms. The Bertz CT molecular complexity index is 276. The van der Waals surface area contributed by atoms with E-state index in [1.807, 2.05) is 6.07 Å². The Morgan fingerprint density at radius 2 is 2.15 bits per heavy atom. The quantitative estimate of drug-likeness (QED) is 0.725. The lowest BCUT2D eigenvalue weighted by atomic mass is 10.0. The zero-order chi connectivity index (χ0) is 9.68. The third-order valence-electron chi connectivity index (χ3n) is 1.92. The van der Waals surface area contributed by atoms with E-state index in [0.29, 0.717) is 5.88 Å². The molecule has 1 aromatic rings. The summed E-state index contributed by atoms with van der Waals surface area (Å²) < 4.78 is 13.3. The number of benzene rings is 1. The maximum atomic E-state index is 13.3. The van der Waals surface area contributed by atoms with E-state index in [2.05, 4.69) is 15.9 Å². The Balaban J connectivity index is 2.87. The number of halogens is 3. The number of hydrogen-bond acceptors (Lipinski definition) is 0. The second kappa shape index (κ2) is 5.61. The molecule has 72 valence electrons. The highest BCUT2D eigenvalue weighted by atomic mass is 79.9. The molecule has 13 heavy (non-hydrogen) atoms. The van der Waals surface area contributed by atoms with Gasteiger partial charge in [0, 0.05) is 11.2 Å². The van der Waals surface area contributed by atoms with Crippen LogP contribution in [0.3, 0.4) is 0 Å². The fourth-order valence-electron chi connectivity index (χ4n) is 1.25. The van der Waals surface area contributed by atoms with E-state index in [-0.39, 0.29) is 5.82 Å². The van der Waals surface area contributed by atoms with Crippen molar-refractivity contribution in [3.8, 4) is 0 Å². The van der Waals surface area contributed by atoms with Crippen molar-refractivity contribution in [3.05, 3.63) is 35.1 Å². The van der Waals surface area contributed by atoms with Crippen molar-refractivity contribution < 1.29 is 4.39 Å². The minimum atomic E-state index is -0.140. The van der Waals surface area contributed by atoms with Crippen LogP contribution in [-0.4, -0.2) is 5.33 Å². The molecule has 0 saturated heterocycles. The Morgan fingerprint density at radius 3 is 2.77 bits per heavy atom. The molecule has 0 nitrogen and oxygen atoms in total. The van der Waals surface area contributed by atoms with E-state index in [4.69, 9.17) is 11.6 Å². The first-order chi connectivity index (χ1) is 6.29. The predicted molar refractivity (Wildman–Crippen MR) is 58.1 cm³/mol. The van der Waals surface area contributed by atoms with Gasteiger partial charge in [0.15, 0.2) is 0 Å². The highest BCUT2D eigenvalue weighted by molar-refractivity contribution is 9.09. The summed E-state index contributed by atoms with van der Waals surface area (Å²) in [4.78, 5) is 0.